The van der Waals surface area contributed by atoms with Crippen LogP contribution in [0.3, 0.4) is 0 Å². The summed E-state index contributed by atoms with van der Waals surface area (Å²) in [6.07, 6.45) is 0. The van der Waals surface area contributed by atoms with E-state index in [0.29, 0.717) is 28.5 Å². The Labute approximate surface area is 165 Å². The lowest BCUT2D eigenvalue weighted by Crippen LogP contribution is -2.22. The largest absolute Gasteiger partial charge is 0.330 e. The fraction of sp³-hybridized carbons (Fsp3) is 0.136. The second-order valence-electron chi connectivity index (χ2n) is 7.13. The van der Waals surface area contributed by atoms with E-state index in [1.54, 1.807) is 24.3 Å². The monoisotopic (exact) mass is 394 g/mol. The summed E-state index contributed by atoms with van der Waals surface area (Å²) < 4.78 is 40.5. The molecule has 0 aliphatic rings. The zero-order valence-corrected chi connectivity index (χ0v) is 15.7. The Kier molecular flexibility index (Phi) is 4.66. The molecule has 146 valence electrons. The molecule has 0 bridgehead atoms. The molecule has 0 unspecified atom stereocenters. The summed E-state index contributed by atoms with van der Waals surface area (Å²) in [7, 11) is 0. The molecule has 0 aromatic carbocycles. The van der Waals surface area contributed by atoms with Crippen LogP contribution in [0.4, 0.5) is 13.2 Å². The molecule has 0 saturated heterocycles. The fourth-order valence-electron chi connectivity index (χ4n) is 3.12. The number of pyridine rings is 3. The van der Waals surface area contributed by atoms with Crippen LogP contribution in [0.1, 0.15) is 25.2 Å². The quantitative estimate of drug-likeness (QED) is 0.479. The van der Waals surface area contributed by atoms with Gasteiger partial charge in [-0.15, -0.1) is 0 Å². The lowest BCUT2D eigenvalue weighted by Gasteiger charge is -2.24. The van der Waals surface area contributed by atoms with Crippen LogP contribution in [0, 0.1) is 17.8 Å². The van der Waals surface area contributed by atoms with Crippen LogP contribution in [-0.2, 0) is 5.41 Å². The van der Waals surface area contributed by atoms with Crippen molar-refractivity contribution in [3.8, 4) is 22.6 Å². The molecular weight excluding hydrogens is 377 g/mol. The number of aromatic amines is 1. The topological polar surface area (TPSA) is 54.5 Å². The van der Waals surface area contributed by atoms with Crippen molar-refractivity contribution in [3.05, 3.63) is 89.9 Å². The zero-order chi connectivity index (χ0) is 20.6. The normalized spacial score (nSPS) is 11.6. The van der Waals surface area contributed by atoms with Crippen LogP contribution in [0.15, 0.2) is 60.7 Å². The number of H-pyrrole nitrogens is 1. The first-order valence-electron chi connectivity index (χ1n) is 8.97. The van der Waals surface area contributed by atoms with E-state index in [2.05, 4.69) is 19.9 Å². The van der Waals surface area contributed by atoms with Gasteiger partial charge in [-0.2, -0.15) is 18.2 Å². The van der Waals surface area contributed by atoms with Crippen LogP contribution in [-0.4, -0.2) is 19.9 Å². The van der Waals surface area contributed by atoms with E-state index in [0.717, 1.165) is 6.07 Å². The molecule has 0 aliphatic heterocycles. The number of hydrogen-bond donors (Lipinski definition) is 1. The maximum Gasteiger partial charge on any atom is 0.224 e. The Hall–Kier alpha value is -3.48. The first kappa shape index (κ1) is 18.9. The first-order valence-corrected chi connectivity index (χ1v) is 8.97. The zero-order valence-electron chi connectivity index (χ0n) is 15.7. The number of hydrogen-bond acceptors (Lipinski definition) is 3. The summed E-state index contributed by atoms with van der Waals surface area (Å²) in [6, 6.07) is 16.1. The van der Waals surface area contributed by atoms with Gasteiger partial charge in [-0.3, -0.25) is 9.97 Å². The van der Waals surface area contributed by atoms with E-state index in [9.17, 15) is 13.2 Å². The van der Waals surface area contributed by atoms with Crippen molar-refractivity contribution in [2.24, 2.45) is 0 Å². The van der Waals surface area contributed by atoms with Crippen LogP contribution in [0.25, 0.3) is 22.6 Å². The molecule has 0 radical (unpaired) electrons. The fourth-order valence-corrected chi connectivity index (χ4v) is 3.12. The molecule has 0 amide bonds. The molecule has 29 heavy (non-hydrogen) atoms. The van der Waals surface area contributed by atoms with E-state index in [4.69, 9.17) is 0 Å². The molecule has 0 atom stereocenters. The summed E-state index contributed by atoms with van der Waals surface area (Å²) in [4.78, 5) is 15.1. The van der Waals surface area contributed by atoms with Crippen molar-refractivity contribution in [3.63, 3.8) is 0 Å². The van der Waals surface area contributed by atoms with Crippen LogP contribution in [0.2, 0.25) is 0 Å². The molecule has 4 heterocycles. The number of nitrogens with one attached hydrogen (secondary N) is 1. The van der Waals surface area contributed by atoms with Gasteiger partial charge in [-0.05, 0) is 62.4 Å². The van der Waals surface area contributed by atoms with Crippen molar-refractivity contribution >= 4 is 0 Å². The van der Waals surface area contributed by atoms with E-state index in [1.165, 1.54) is 12.1 Å². The smallest absolute Gasteiger partial charge is 0.224 e. The molecule has 0 saturated carbocycles. The Morgan fingerprint density at radius 3 is 2.00 bits per heavy atom. The summed E-state index contributed by atoms with van der Waals surface area (Å²) in [5.74, 6) is -2.23. The SMILES string of the molecule is CC(C)(c1cccc(-c2ccc(F)[nH]2)n1)c1cccc(-c2ccc(F)nc2F)n1. The number of nitrogens with zero attached hydrogens (tertiary/aromatic N) is 3. The van der Waals surface area contributed by atoms with Gasteiger partial charge in [0.15, 0.2) is 5.95 Å². The van der Waals surface area contributed by atoms with Gasteiger partial charge in [0.1, 0.15) is 0 Å². The molecule has 0 fully saturated rings. The predicted molar refractivity (Wildman–Crippen MR) is 103 cm³/mol. The maximum absolute atomic E-state index is 14.1. The van der Waals surface area contributed by atoms with Gasteiger partial charge in [-0.1, -0.05) is 12.1 Å². The second-order valence-corrected chi connectivity index (χ2v) is 7.13. The third-order valence-corrected chi connectivity index (χ3v) is 4.80. The Morgan fingerprint density at radius 1 is 0.724 bits per heavy atom. The van der Waals surface area contributed by atoms with Gasteiger partial charge in [0, 0.05) is 5.41 Å². The van der Waals surface area contributed by atoms with Crippen molar-refractivity contribution in [2.75, 3.05) is 0 Å². The van der Waals surface area contributed by atoms with Gasteiger partial charge in [0.2, 0.25) is 11.9 Å². The highest BCUT2D eigenvalue weighted by atomic mass is 19.1. The van der Waals surface area contributed by atoms with Gasteiger partial charge < -0.3 is 4.98 Å². The molecular formula is C22H17F3N4. The minimum Gasteiger partial charge on any atom is -0.330 e. The van der Waals surface area contributed by atoms with Crippen molar-refractivity contribution in [1.29, 1.82) is 0 Å². The Balaban J connectivity index is 1.74. The number of rotatable bonds is 4. The molecule has 0 spiro atoms. The Bertz CT molecular complexity index is 1180. The minimum absolute atomic E-state index is 0.118. The van der Waals surface area contributed by atoms with E-state index >= 15 is 0 Å². The van der Waals surface area contributed by atoms with Crippen molar-refractivity contribution in [1.82, 2.24) is 19.9 Å². The molecule has 7 heteroatoms. The molecule has 0 aliphatic carbocycles. The predicted octanol–water partition coefficient (Wildman–Crippen LogP) is 5.28. The maximum atomic E-state index is 14.1. The van der Waals surface area contributed by atoms with Gasteiger partial charge >= 0.3 is 0 Å². The highest BCUT2D eigenvalue weighted by molar-refractivity contribution is 5.59. The summed E-state index contributed by atoms with van der Waals surface area (Å²) in [5.41, 5.74) is 2.39. The van der Waals surface area contributed by atoms with E-state index in [-0.39, 0.29) is 5.56 Å². The van der Waals surface area contributed by atoms with Gasteiger partial charge in [-0.25, -0.2) is 0 Å². The lowest BCUT2D eigenvalue weighted by atomic mass is 9.84. The highest BCUT2D eigenvalue weighted by Gasteiger charge is 2.27. The van der Waals surface area contributed by atoms with Crippen LogP contribution >= 0.6 is 0 Å². The third kappa shape index (κ3) is 3.63. The third-order valence-electron chi connectivity index (χ3n) is 4.80. The molecule has 1 N–H and O–H groups in total. The minimum atomic E-state index is -0.915. The average molecular weight is 394 g/mol. The lowest BCUT2D eigenvalue weighted by molar-refractivity contribution is 0.514. The van der Waals surface area contributed by atoms with E-state index < -0.39 is 23.3 Å². The van der Waals surface area contributed by atoms with Gasteiger partial charge in [0.25, 0.3) is 0 Å². The number of aromatic nitrogens is 4. The van der Waals surface area contributed by atoms with Crippen molar-refractivity contribution < 1.29 is 13.2 Å². The van der Waals surface area contributed by atoms with Crippen molar-refractivity contribution in [2.45, 2.75) is 19.3 Å². The molecule has 4 nitrogen and oxygen atoms in total. The van der Waals surface area contributed by atoms with Crippen LogP contribution in [0.5, 0.6) is 0 Å². The summed E-state index contributed by atoms with van der Waals surface area (Å²) >= 11 is 0. The van der Waals surface area contributed by atoms with Gasteiger partial charge in [0.05, 0.1) is 34.0 Å². The summed E-state index contributed by atoms with van der Waals surface area (Å²) in [6.45, 7) is 3.89. The average Bonchev–Trinajstić information content (AvgIpc) is 3.14. The number of halogens is 3. The highest BCUT2D eigenvalue weighted by Crippen LogP contribution is 2.32. The molecule has 4 rings (SSSR count). The first-order chi connectivity index (χ1) is 13.8. The molecule has 4 aromatic rings. The van der Waals surface area contributed by atoms with Crippen LogP contribution < -0.4 is 0 Å². The van der Waals surface area contributed by atoms with E-state index in [1.807, 2.05) is 32.0 Å². The Morgan fingerprint density at radius 2 is 1.38 bits per heavy atom. The summed E-state index contributed by atoms with van der Waals surface area (Å²) in [5, 5.41) is 0. The second kappa shape index (κ2) is 7.16. The standard InChI is InChI=1S/C22H17F3N4/c1-22(2,18-8-4-6-15(27-18)16-10-12-19(23)28-16)17-7-3-5-14(26-17)13-9-11-20(24)29-21(13)25/h3-12,28H,1-2H3. The molecule has 4 aromatic heterocycles.